The lowest BCUT2D eigenvalue weighted by atomic mass is 10.0. The van der Waals surface area contributed by atoms with E-state index < -0.39 is 21.7 Å². The third kappa shape index (κ3) is 4.58. The molecule has 0 bridgehead atoms. The maximum absolute atomic E-state index is 14.3. The van der Waals surface area contributed by atoms with Gasteiger partial charge in [-0.15, -0.1) is 0 Å². The summed E-state index contributed by atoms with van der Waals surface area (Å²) in [4.78, 5) is 12.5. The van der Waals surface area contributed by atoms with Crippen molar-refractivity contribution >= 4 is 44.8 Å². The molecule has 1 heterocycles. The van der Waals surface area contributed by atoms with Gasteiger partial charge in [0, 0.05) is 12.6 Å². The largest absolute Gasteiger partial charge is 0.320 e. The molecule has 0 spiro atoms. The molecule has 0 saturated carbocycles. The molecule has 0 aliphatic carbocycles. The first-order valence-corrected chi connectivity index (χ1v) is 11.5. The summed E-state index contributed by atoms with van der Waals surface area (Å²) in [6.45, 7) is 2.36. The summed E-state index contributed by atoms with van der Waals surface area (Å²) in [6, 6.07) is 7.81. The number of hydrogen-bond acceptors (Lipinski definition) is 3. The summed E-state index contributed by atoms with van der Waals surface area (Å²) in [5.74, 6) is -1.64. The zero-order valence-electron chi connectivity index (χ0n) is 15.8. The van der Waals surface area contributed by atoms with E-state index >= 15 is 0 Å². The number of nitrogens with zero attached hydrogens (tertiary/aromatic N) is 1. The van der Waals surface area contributed by atoms with Gasteiger partial charge in [-0.25, -0.2) is 12.8 Å². The van der Waals surface area contributed by atoms with Gasteiger partial charge in [0.1, 0.15) is 5.82 Å². The molecule has 1 unspecified atom stereocenters. The topological polar surface area (TPSA) is 66.5 Å². The molecule has 156 valence electrons. The Balaban J connectivity index is 1.93. The monoisotopic (exact) mass is 458 g/mol. The first kappa shape index (κ1) is 22.0. The molecule has 29 heavy (non-hydrogen) atoms. The number of nitrogens with one attached hydrogen (secondary N) is 1. The van der Waals surface area contributed by atoms with E-state index in [9.17, 15) is 17.6 Å². The van der Waals surface area contributed by atoms with Crippen LogP contribution in [0.3, 0.4) is 0 Å². The van der Waals surface area contributed by atoms with Crippen LogP contribution >= 0.6 is 23.2 Å². The summed E-state index contributed by atoms with van der Waals surface area (Å²) in [6.07, 6.45) is 3.23. The van der Waals surface area contributed by atoms with E-state index in [2.05, 4.69) is 5.32 Å². The highest BCUT2D eigenvalue weighted by atomic mass is 35.5. The van der Waals surface area contributed by atoms with Crippen molar-refractivity contribution in [3.05, 3.63) is 57.8 Å². The Bertz CT molecular complexity index is 1030. The number of sulfonamides is 1. The van der Waals surface area contributed by atoms with Crippen LogP contribution in [0, 0.1) is 5.82 Å². The van der Waals surface area contributed by atoms with Gasteiger partial charge in [-0.2, -0.15) is 4.31 Å². The van der Waals surface area contributed by atoms with Crippen LogP contribution < -0.4 is 5.32 Å². The standard InChI is InChI=1S/C20H21Cl2FN2O3S/c1-2-13-6-3-4-11-25(13)29(27,28)14-9-10-17(23)15(12-14)20(26)24-18-8-5-7-16(21)19(18)22/h5,7-10,12-13H,2-4,6,11H2,1H3,(H,24,26). The molecular formula is C20H21Cl2FN2O3S. The van der Waals surface area contributed by atoms with Crippen LogP contribution in [0.2, 0.25) is 10.0 Å². The number of halogens is 3. The van der Waals surface area contributed by atoms with E-state index in [0.717, 1.165) is 31.4 Å². The van der Waals surface area contributed by atoms with Gasteiger partial charge in [-0.05, 0) is 49.6 Å². The van der Waals surface area contributed by atoms with Crippen molar-refractivity contribution < 1.29 is 17.6 Å². The number of amides is 1. The minimum Gasteiger partial charge on any atom is -0.320 e. The zero-order chi connectivity index (χ0) is 21.2. The van der Waals surface area contributed by atoms with Crippen molar-refractivity contribution in [2.75, 3.05) is 11.9 Å². The second-order valence-corrected chi connectivity index (χ2v) is 9.55. The first-order valence-electron chi connectivity index (χ1n) is 9.32. The van der Waals surface area contributed by atoms with Crippen LogP contribution in [0.25, 0.3) is 0 Å². The van der Waals surface area contributed by atoms with Crippen molar-refractivity contribution in [1.29, 1.82) is 0 Å². The van der Waals surface area contributed by atoms with E-state index in [1.165, 1.54) is 16.4 Å². The highest BCUT2D eigenvalue weighted by molar-refractivity contribution is 7.89. The molecule has 1 N–H and O–H groups in total. The Hall–Kier alpha value is -1.67. The molecule has 1 aliphatic heterocycles. The molecule has 2 aromatic carbocycles. The number of carbonyl (C=O) groups excluding carboxylic acids is 1. The minimum atomic E-state index is -3.84. The van der Waals surface area contributed by atoms with Crippen LogP contribution in [0.15, 0.2) is 41.3 Å². The van der Waals surface area contributed by atoms with Gasteiger partial charge in [0.2, 0.25) is 10.0 Å². The highest BCUT2D eigenvalue weighted by Crippen LogP contribution is 2.31. The summed E-state index contributed by atoms with van der Waals surface area (Å²) in [5, 5.41) is 2.83. The molecule has 1 fully saturated rings. The van der Waals surface area contributed by atoms with Gasteiger partial charge in [0.05, 0.1) is 26.2 Å². The quantitative estimate of drug-likeness (QED) is 0.657. The molecule has 9 heteroatoms. The summed E-state index contributed by atoms with van der Waals surface area (Å²) >= 11 is 12.0. The second kappa shape index (κ2) is 9.00. The second-order valence-electron chi connectivity index (χ2n) is 6.87. The first-order chi connectivity index (χ1) is 13.8. The predicted octanol–water partition coefficient (Wildman–Crippen LogP) is 5.34. The lowest BCUT2D eigenvalue weighted by Crippen LogP contribution is -2.43. The lowest BCUT2D eigenvalue weighted by molar-refractivity contribution is 0.102. The summed E-state index contributed by atoms with van der Waals surface area (Å²) < 4.78 is 42.1. The van der Waals surface area contributed by atoms with E-state index in [0.29, 0.717) is 13.0 Å². The lowest BCUT2D eigenvalue weighted by Gasteiger charge is -2.34. The fraction of sp³-hybridized carbons (Fsp3) is 0.350. The van der Waals surface area contributed by atoms with Gasteiger partial charge < -0.3 is 5.32 Å². The Kier molecular flexibility index (Phi) is 6.83. The Morgan fingerprint density at radius 2 is 2.00 bits per heavy atom. The number of carbonyl (C=O) groups is 1. The van der Waals surface area contributed by atoms with Gasteiger partial charge in [0.15, 0.2) is 0 Å². The fourth-order valence-corrected chi connectivity index (χ4v) is 5.60. The third-order valence-corrected chi connectivity index (χ3v) is 7.80. The fourth-order valence-electron chi connectivity index (χ4n) is 3.46. The van der Waals surface area contributed by atoms with E-state index in [4.69, 9.17) is 23.2 Å². The van der Waals surface area contributed by atoms with Crippen molar-refractivity contribution in [3.63, 3.8) is 0 Å². The number of rotatable bonds is 5. The number of anilines is 1. The van der Waals surface area contributed by atoms with E-state index in [1.807, 2.05) is 6.92 Å². The van der Waals surface area contributed by atoms with Gasteiger partial charge in [0.25, 0.3) is 5.91 Å². The maximum atomic E-state index is 14.3. The van der Waals surface area contributed by atoms with Crippen molar-refractivity contribution in [1.82, 2.24) is 4.31 Å². The molecule has 1 amide bonds. The van der Waals surface area contributed by atoms with Gasteiger partial charge in [-0.1, -0.05) is 42.6 Å². The molecule has 0 radical (unpaired) electrons. The molecule has 3 rings (SSSR count). The normalized spacial score (nSPS) is 17.9. The van der Waals surface area contributed by atoms with Crippen molar-refractivity contribution in [3.8, 4) is 0 Å². The molecule has 5 nitrogen and oxygen atoms in total. The predicted molar refractivity (Wildman–Crippen MR) is 113 cm³/mol. The van der Waals surface area contributed by atoms with Crippen LogP contribution in [0.1, 0.15) is 43.0 Å². The maximum Gasteiger partial charge on any atom is 0.258 e. The minimum absolute atomic E-state index is 0.0960. The zero-order valence-corrected chi connectivity index (χ0v) is 18.1. The summed E-state index contributed by atoms with van der Waals surface area (Å²) in [5.41, 5.74) is -0.175. The molecule has 1 atom stereocenters. The Morgan fingerprint density at radius 3 is 2.72 bits per heavy atom. The molecular weight excluding hydrogens is 438 g/mol. The van der Waals surface area contributed by atoms with Crippen LogP contribution in [-0.4, -0.2) is 31.2 Å². The molecule has 0 aromatic heterocycles. The van der Waals surface area contributed by atoms with Crippen LogP contribution in [-0.2, 0) is 10.0 Å². The highest BCUT2D eigenvalue weighted by Gasteiger charge is 2.33. The van der Waals surface area contributed by atoms with E-state index in [1.54, 1.807) is 12.1 Å². The number of piperidine rings is 1. The number of hydrogen-bond donors (Lipinski definition) is 1. The van der Waals surface area contributed by atoms with E-state index in [-0.39, 0.29) is 32.2 Å². The number of benzene rings is 2. The molecule has 2 aromatic rings. The average molecular weight is 459 g/mol. The Morgan fingerprint density at radius 1 is 1.24 bits per heavy atom. The molecule has 1 saturated heterocycles. The SMILES string of the molecule is CCC1CCCCN1S(=O)(=O)c1ccc(F)c(C(=O)Nc2cccc(Cl)c2Cl)c1. The van der Waals surface area contributed by atoms with Crippen molar-refractivity contribution in [2.24, 2.45) is 0 Å². The van der Waals surface area contributed by atoms with Gasteiger partial charge in [-0.3, -0.25) is 4.79 Å². The average Bonchev–Trinajstić information content (AvgIpc) is 2.71. The van der Waals surface area contributed by atoms with Crippen LogP contribution in [0.5, 0.6) is 0 Å². The third-order valence-electron chi connectivity index (χ3n) is 5.03. The van der Waals surface area contributed by atoms with Crippen LogP contribution in [0.4, 0.5) is 10.1 Å². The Labute approximate surface area is 179 Å². The smallest absolute Gasteiger partial charge is 0.258 e. The van der Waals surface area contributed by atoms with Crippen molar-refractivity contribution in [2.45, 2.75) is 43.5 Å². The molecule has 1 aliphatic rings. The summed E-state index contributed by atoms with van der Waals surface area (Å²) in [7, 11) is -3.84. The van der Waals surface area contributed by atoms with Gasteiger partial charge >= 0.3 is 0 Å².